The van der Waals surface area contributed by atoms with Gasteiger partial charge in [-0.1, -0.05) is 0 Å². The van der Waals surface area contributed by atoms with E-state index in [-0.39, 0.29) is 0 Å². The summed E-state index contributed by atoms with van der Waals surface area (Å²) in [5.41, 5.74) is 0. The molecule has 0 saturated heterocycles. The van der Waals surface area contributed by atoms with Gasteiger partial charge in [0.2, 0.25) is 0 Å². The van der Waals surface area contributed by atoms with Crippen molar-refractivity contribution in [1.82, 2.24) is 4.98 Å². The zero-order valence-corrected chi connectivity index (χ0v) is 11.9. The monoisotopic (exact) mass is 332 g/mol. The molecule has 2 nitrogen and oxygen atoms in total. The van der Waals surface area contributed by atoms with Crippen LogP contribution in [0.15, 0.2) is 21.2 Å². The average Bonchev–Trinajstić information content (AvgIpc) is 2.99. The zero-order valence-electron chi connectivity index (χ0n) is 8.71. The van der Waals surface area contributed by atoms with Crippen LogP contribution >= 0.6 is 31.9 Å². The second kappa shape index (κ2) is 4.83. The molecule has 1 saturated carbocycles. The minimum atomic E-state index is 0.891. The van der Waals surface area contributed by atoms with Crippen molar-refractivity contribution < 1.29 is 0 Å². The van der Waals surface area contributed by atoms with Gasteiger partial charge in [-0.25, -0.2) is 4.98 Å². The van der Waals surface area contributed by atoms with Crippen LogP contribution in [-0.2, 0) is 0 Å². The molecule has 0 atom stereocenters. The van der Waals surface area contributed by atoms with Gasteiger partial charge in [-0.2, -0.15) is 0 Å². The first-order valence-electron chi connectivity index (χ1n) is 5.26. The van der Waals surface area contributed by atoms with E-state index < -0.39 is 0 Å². The van der Waals surface area contributed by atoms with Gasteiger partial charge in [0.15, 0.2) is 0 Å². The summed E-state index contributed by atoms with van der Waals surface area (Å²) < 4.78 is 2.08. The molecule has 1 aliphatic carbocycles. The lowest BCUT2D eigenvalue weighted by Gasteiger charge is -2.22. The van der Waals surface area contributed by atoms with E-state index >= 15 is 0 Å². The molecule has 82 valence electrons. The van der Waals surface area contributed by atoms with Gasteiger partial charge in [-0.15, -0.1) is 0 Å². The summed E-state index contributed by atoms with van der Waals surface area (Å²) in [6.07, 6.45) is 4.62. The Morgan fingerprint density at radius 3 is 2.73 bits per heavy atom. The van der Waals surface area contributed by atoms with Crippen LogP contribution < -0.4 is 4.90 Å². The van der Waals surface area contributed by atoms with Crippen LogP contribution in [0.25, 0.3) is 0 Å². The number of aromatic nitrogens is 1. The van der Waals surface area contributed by atoms with Crippen LogP contribution in [0.3, 0.4) is 0 Å². The number of rotatable bonds is 4. The molecule has 0 aromatic carbocycles. The molecule has 4 heteroatoms. The standard InChI is InChI=1S/C11H14Br2N2/c1-2-15(7-8-3-4-8)11-10(13)5-9(12)6-14-11/h5-6,8H,2-4,7H2,1H3. The molecule has 1 aromatic heterocycles. The molecule has 1 aliphatic rings. The minimum absolute atomic E-state index is 0.891. The third-order valence-corrected chi connectivity index (χ3v) is 3.66. The van der Waals surface area contributed by atoms with Crippen LogP contribution in [0.2, 0.25) is 0 Å². The van der Waals surface area contributed by atoms with Crippen molar-refractivity contribution in [3.63, 3.8) is 0 Å². The van der Waals surface area contributed by atoms with Gasteiger partial charge >= 0.3 is 0 Å². The van der Waals surface area contributed by atoms with Gasteiger partial charge in [0.25, 0.3) is 0 Å². The van der Waals surface area contributed by atoms with Crippen molar-refractivity contribution in [2.24, 2.45) is 5.92 Å². The summed E-state index contributed by atoms with van der Waals surface area (Å²) in [6, 6.07) is 2.05. The van der Waals surface area contributed by atoms with Crippen LogP contribution in [0, 0.1) is 5.92 Å². The average molecular weight is 334 g/mol. The molecule has 15 heavy (non-hydrogen) atoms. The van der Waals surface area contributed by atoms with E-state index in [1.165, 1.54) is 12.8 Å². The second-order valence-corrected chi connectivity index (χ2v) is 5.71. The predicted octanol–water partition coefficient (Wildman–Crippen LogP) is 3.84. The van der Waals surface area contributed by atoms with Gasteiger partial charge in [-0.3, -0.25) is 0 Å². The van der Waals surface area contributed by atoms with Crippen molar-refractivity contribution in [2.75, 3.05) is 18.0 Å². The normalized spacial score (nSPS) is 15.4. The number of pyridine rings is 1. The first-order chi connectivity index (χ1) is 7.20. The fourth-order valence-corrected chi connectivity index (χ4v) is 2.86. The number of hydrogen-bond donors (Lipinski definition) is 0. The highest BCUT2D eigenvalue weighted by Crippen LogP contribution is 2.33. The molecule has 1 aromatic rings. The second-order valence-electron chi connectivity index (χ2n) is 3.94. The van der Waals surface area contributed by atoms with Crippen molar-refractivity contribution in [1.29, 1.82) is 0 Å². The molecule has 0 aliphatic heterocycles. The fraction of sp³-hybridized carbons (Fsp3) is 0.545. The van der Waals surface area contributed by atoms with Crippen LogP contribution in [0.4, 0.5) is 5.82 Å². The molecule has 0 unspecified atom stereocenters. The summed E-state index contributed by atoms with van der Waals surface area (Å²) >= 11 is 6.98. The topological polar surface area (TPSA) is 16.1 Å². The van der Waals surface area contributed by atoms with Gasteiger partial charge in [0.1, 0.15) is 5.82 Å². The SMILES string of the molecule is CCN(CC1CC1)c1ncc(Br)cc1Br. The molecular formula is C11H14Br2N2. The van der Waals surface area contributed by atoms with E-state index in [1.54, 1.807) is 0 Å². The van der Waals surface area contributed by atoms with E-state index in [9.17, 15) is 0 Å². The fourth-order valence-electron chi connectivity index (χ4n) is 1.62. The lowest BCUT2D eigenvalue weighted by Crippen LogP contribution is -2.26. The smallest absolute Gasteiger partial charge is 0.142 e. The molecule has 2 rings (SSSR count). The molecule has 1 heterocycles. The first kappa shape index (κ1) is 11.4. The zero-order chi connectivity index (χ0) is 10.8. The summed E-state index contributed by atoms with van der Waals surface area (Å²) in [5.74, 6) is 1.95. The van der Waals surface area contributed by atoms with Crippen molar-refractivity contribution in [3.8, 4) is 0 Å². The summed E-state index contributed by atoms with van der Waals surface area (Å²) in [7, 11) is 0. The van der Waals surface area contributed by atoms with Gasteiger partial charge in [0.05, 0.1) is 4.47 Å². The maximum absolute atomic E-state index is 4.46. The lowest BCUT2D eigenvalue weighted by atomic mass is 10.3. The summed E-state index contributed by atoms with van der Waals surface area (Å²) in [4.78, 5) is 6.80. The molecule has 0 amide bonds. The third kappa shape index (κ3) is 2.94. The number of nitrogens with zero attached hydrogens (tertiary/aromatic N) is 2. The van der Waals surface area contributed by atoms with E-state index in [0.717, 1.165) is 33.8 Å². The Labute approximate surface area is 107 Å². The Balaban J connectivity index is 2.16. The molecule has 0 bridgehead atoms. The maximum atomic E-state index is 4.46. The van der Waals surface area contributed by atoms with Crippen molar-refractivity contribution in [3.05, 3.63) is 21.2 Å². The molecule has 1 fully saturated rings. The van der Waals surface area contributed by atoms with Gasteiger partial charge < -0.3 is 4.90 Å². The van der Waals surface area contributed by atoms with E-state index in [4.69, 9.17) is 0 Å². The lowest BCUT2D eigenvalue weighted by molar-refractivity contribution is 0.730. The van der Waals surface area contributed by atoms with Crippen LogP contribution in [0.1, 0.15) is 19.8 Å². The van der Waals surface area contributed by atoms with E-state index in [1.807, 2.05) is 6.20 Å². The Morgan fingerprint density at radius 2 is 2.20 bits per heavy atom. The molecule has 0 spiro atoms. The molecule has 0 radical (unpaired) electrons. The Bertz CT molecular complexity index is 350. The highest BCUT2D eigenvalue weighted by molar-refractivity contribution is 9.11. The Morgan fingerprint density at radius 1 is 1.47 bits per heavy atom. The Kier molecular flexibility index (Phi) is 3.67. The van der Waals surface area contributed by atoms with Crippen LogP contribution in [-0.4, -0.2) is 18.1 Å². The van der Waals surface area contributed by atoms with Crippen molar-refractivity contribution >= 4 is 37.7 Å². The minimum Gasteiger partial charge on any atom is -0.356 e. The highest BCUT2D eigenvalue weighted by Gasteiger charge is 2.25. The summed E-state index contributed by atoms with van der Waals surface area (Å²) in [5, 5.41) is 0. The first-order valence-corrected chi connectivity index (χ1v) is 6.85. The number of hydrogen-bond acceptors (Lipinski definition) is 2. The van der Waals surface area contributed by atoms with Gasteiger partial charge in [0, 0.05) is 23.8 Å². The van der Waals surface area contributed by atoms with E-state index in [0.29, 0.717) is 0 Å². The van der Waals surface area contributed by atoms with Crippen molar-refractivity contribution in [2.45, 2.75) is 19.8 Å². The molecule has 0 N–H and O–H groups in total. The largest absolute Gasteiger partial charge is 0.356 e. The number of anilines is 1. The van der Waals surface area contributed by atoms with E-state index in [2.05, 4.69) is 54.7 Å². The van der Waals surface area contributed by atoms with Gasteiger partial charge in [-0.05, 0) is 63.6 Å². The predicted molar refractivity (Wildman–Crippen MR) is 70.2 cm³/mol. The number of halogens is 2. The quantitative estimate of drug-likeness (QED) is 0.832. The van der Waals surface area contributed by atoms with Crippen LogP contribution in [0.5, 0.6) is 0 Å². The maximum Gasteiger partial charge on any atom is 0.142 e. The molecular weight excluding hydrogens is 320 g/mol. The highest BCUT2D eigenvalue weighted by atomic mass is 79.9. The third-order valence-electron chi connectivity index (χ3n) is 2.65. The summed E-state index contributed by atoms with van der Waals surface area (Å²) in [6.45, 7) is 4.34. The Hall–Kier alpha value is -0.0900.